The number of carbonyl (C=O) groups is 1. The van der Waals surface area contributed by atoms with Crippen molar-refractivity contribution in [1.29, 1.82) is 0 Å². The molecule has 1 aromatic carbocycles. The number of fused-ring (bicyclic) bond motifs is 1. The van der Waals surface area contributed by atoms with Crippen LogP contribution >= 0.6 is 22.9 Å². The minimum atomic E-state index is -0.410. The molecule has 0 atom stereocenters. The topological polar surface area (TPSA) is 38.3 Å². The van der Waals surface area contributed by atoms with Crippen molar-refractivity contribution >= 4 is 38.9 Å². The summed E-state index contributed by atoms with van der Waals surface area (Å²) in [4.78, 5) is 17.3. The first-order valence-corrected chi connectivity index (χ1v) is 6.98. The van der Waals surface area contributed by atoms with Crippen molar-refractivity contribution in [1.82, 2.24) is 5.48 Å². The molecule has 19 heavy (non-hydrogen) atoms. The van der Waals surface area contributed by atoms with E-state index in [1.165, 1.54) is 12.1 Å². The summed E-state index contributed by atoms with van der Waals surface area (Å²) in [5, 5.41) is 0.993. The number of benzene rings is 1. The van der Waals surface area contributed by atoms with Crippen molar-refractivity contribution in [3.05, 3.63) is 33.9 Å². The van der Waals surface area contributed by atoms with Crippen LogP contribution in [-0.2, 0) is 4.84 Å². The van der Waals surface area contributed by atoms with Gasteiger partial charge in [-0.25, -0.2) is 9.87 Å². The molecule has 0 fully saturated rings. The molecule has 1 heterocycles. The fourth-order valence-corrected chi connectivity index (χ4v) is 2.93. The van der Waals surface area contributed by atoms with Crippen molar-refractivity contribution in [3.8, 4) is 0 Å². The van der Waals surface area contributed by atoms with Crippen LogP contribution < -0.4 is 5.48 Å². The van der Waals surface area contributed by atoms with Crippen molar-refractivity contribution in [2.75, 3.05) is 6.61 Å². The highest BCUT2D eigenvalue weighted by Crippen LogP contribution is 2.35. The molecule has 0 spiro atoms. The molecule has 0 saturated carbocycles. The Balaban J connectivity index is 2.20. The van der Waals surface area contributed by atoms with Crippen LogP contribution in [-0.4, -0.2) is 12.5 Å². The highest BCUT2D eigenvalue weighted by atomic mass is 35.5. The minimum Gasteiger partial charge on any atom is -0.273 e. The molecular formula is C13H13ClFNO2S. The first kappa shape index (κ1) is 14.2. The van der Waals surface area contributed by atoms with E-state index < -0.39 is 5.91 Å². The predicted molar refractivity (Wildman–Crippen MR) is 75.0 cm³/mol. The maximum absolute atomic E-state index is 13.1. The predicted octanol–water partition coefficient (Wildman–Crippen LogP) is 4.01. The highest BCUT2D eigenvalue weighted by Gasteiger charge is 2.17. The van der Waals surface area contributed by atoms with Crippen LogP contribution in [0.15, 0.2) is 18.2 Å². The van der Waals surface area contributed by atoms with E-state index in [0.29, 0.717) is 32.5 Å². The summed E-state index contributed by atoms with van der Waals surface area (Å²) < 4.78 is 13.7. The molecule has 102 valence electrons. The normalized spacial score (nSPS) is 11.2. The molecule has 6 heteroatoms. The maximum atomic E-state index is 13.1. The van der Waals surface area contributed by atoms with Crippen LogP contribution in [0.25, 0.3) is 10.1 Å². The fourth-order valence-electron chi connectivity index (χ4n) is 1.51. The Labute approximate surface area is 119 Å². The van der Waals surface area contributed by atoms with Gasteiger partial charge in [-0.1, -0.05) is 25.4 Å². The smallest absolute Gasteiger partial charge is 0.273 e. The quantitative estimate of drug-likeness (QED) is 0.867. The van der Waals surface area contributed by atoms with Gasteiger partial charge in [0, 0.05) is 10.1 Å². The first-order chi connectivity index (χ1) is 8.99. The van der Waals surface area contributed by atoms with Crippen LogP contribution in [0, 0.1) is 11.7 Å². The zero-order chi connectivity index (χ0) is 14.0. The van der Waals surface area contributed by atoms with Crippen LogP contribution in [0.3, 0.4) is 0 Å². The number of halogens is 2. The highest BCUT2D eigenvalue weighted by molar-refractivity contribution is 7.21. The lowest BCUT2D eigenvalue weighted by Crippen LogP contribution is -2.25. The molecule has 1 aromatic heterocycles. The third-order valence-corrected chi connectivity index (χ3v) is 4.04. The Morgan fingerprint density at radius 2 is 2.26 bits per heavy atom. The van der Waals surface area contributed by atoms with Gasteiger partial charge in [0.05, 0.1) is 11.6 Å². The zero-order valence-electron chi connectivity index (χ0n) is 10.5. The molecule has 0 bridgehead atoms. The third kappa shape index (κ3) is 3.23. The van der Waals surface area contributed by atoms with Gasteiger partial charge in [0.1, 0.15) is 10.7 Å². The molecule has 0 aliphatic rings. The van der Waals surface area contributed by atoms with Gasteiger partial charge in [-0.3, -0.25) is 9.63 Å². The number of hydrogen-bond acceptors (Lipinski definition) is 3. The summed E-state index contributed by atoms with van der Waals surface area (Å²) in [6, 6.07) is 4.24. The maximum Gasteiger partial charge on any atom is 0.286 e. The summed E-state index contributed by atoms with van der Waals surface area (Å²) >= 11 is 7.26. The van der Waals surface area contributed by atoms with Gasteiger partial charge in [0.25, 0.3) is 5.91 Å². The molecule has 0 saturated heterocycles. The number of rotatable bonds is 4. The van der Waals surface area contributed by atoms with Crippen molar-refractivity contribution in [2.45, 2.75) is 13.8 Å². The first-order valence-electron chi connectivity index (χ1n) is 5.78. The lowest BCUT2D eigenvalue weighted by atomic mass is 10.2. The molecule has 0 unspecified atom stereocenters. The number of nitrogens with one attached hydrogen (secondary N) is 1. The Morgan fingerprint density at radius 3 is 2.95 bits per heavy atom. The zero-order valence-corrected chi connectivity index (χ0v) is 12.1. The van der Waals surface area contributed by atoms with Crippen molar-refractivity contribution < 1.29 is 14.0 Å². The van der Waals surface area contributed by atoms with Crippen LogP contribution in [0.4, 0.5) is 4.39 Å². The van der Waals surface area contributed by atoms with Crippen LogP contribution in [0.1, 0.15) is 23.5 Å². The Kier molecular flexibility index (Phi) is 4.39. The Hall–Kier alpha value is -1.17. The Bertz CT molecular complexity index is 612. The van der Waals surface area contributed by atoms with Crippen LogP contribution in [0.2, 0.25) is 5.02 Å². The van der Waals surface area contributed by atoms with Gasteiger partial charge in [-0.05, 0) is 24.1 Å². The van der Waals surface area contributed by atoms with Crippen LogP contribution in [0.5, 0.6) is 0 Å². The summed E-state index contributed by atoms with van der Waals surface area (Å²) in [5.41, 5.74) is 2.34. The van der Waals surface area contributed by atoms with Crippen molar-refractivity contribution in [3.63, 3.8) is 0 Å². The van der Waals surface area contributed by atoms with Gasteiger partial charge in [-0.2, -0.15) is 0 Å². The third-order valence-electron chi connectivity index (χ3n) is 2.38. The van der Waals surface area contributed by atoms with Gasteiger partial charge < -0.3 is 0 Å². The summed E-state index contributed by atoms with van der Waals surface area (Å²) in [5.74, 6) is -0.451. The fraction of sp³-hybridized carbons (Fsp3) is 0.308. The number of hydrogen-bond donors (Lipinski definition) is 1. The SMILES string of the molecule is CC(C)CONC(=O)c1sc2cc(F)ccc2c1Cl. The second kappa shape index (κ2) is 5.86. The van der Waals surface area contributed by atoms with Gasteiger partial charge in [-0.15, -0.1) is 11.3 Å². The monoisotopic (exact) mass is 301 g/mol. The largest absolute Gasteiger partial charge is 0.286 e. The molecule has 3 nitrogen and oxygen atoms in total. The van der Waals surface area contributed by atoms with E-state index in [9.17, 15) is 9.18 Å². The summed E-state index contributed by atoms with van der Waals surface area (Å²) in [6.45, 7) is 4.37. The van der Waals surface area contributed by atoms with E-state index >= 15 is 0 Å². The van der Waals surface area contributed by atoms with E-state index in [4.69, 9.17) is 16.4 Å². The molecule has 0 radical (unpaired) electrons. The lowest BCUT2D eigenvalue weighted by Gasteiger charge is -2.06. The minimum absolute atomic E-state index is 0.312. The second-order valence-corrected chi connectivity index (χ2v) is 5.95. The average Bonchev–Trinajstić information content (AvgIpc) is 2.65. The summed E-state index contributed by atoms with van der Waals surface area (Å²) in [7, 11) is 0. The van der Waals surface area contributed by atoms with E-state index in [-0.39, 0.29) is 5.82 Å². The second-order valence-electron chi connectivity index (χ2n) is 4.52. The van der Waals surface area contributed by atoms with E-state index in [2.05, 4.69) is 5.48 Å². The molecule has 0 aliphatic carbocycles. The molecule has 0 aliphatic heterocycles. The van der Waals surface area contributed by atoms with Gasteiger partial charge >= 0.3 is 0 Å². The molecule has 2 rings (SSSR count). The average molecular weight is 302 g/mol. The lowest BCUT2D eigenvalue weighted by molar-refractivity contribution is 0.0212. The van der Waals surface area contributed by atoms with E-state index in [0.717, 1.165) is 11.3 Å². The molecule has 1 N–H and O–H groups in total. The number of thiophene rings is 1. The molecule has 1 amide bonds. The molecular weight excluding hydrogens is 289 g/mol. The Morgan fingerprint density at radius 1 is 1.53 bits per heavy atom. The standard InChI is InChI=1S/C13H13ClFNO2S/c1-7(2)6-18-16-13(17)12-11(14)9-4-3-8(15)5-10(9)19-12/h3-5,7H,6H2,1-2H3,(H,16,17). The van der Waals surface area contributed by atoms with Gasteiger partial charge in [0.15, 0.2) is 0 Å². The van der Waals surface area contributed by atoms with Gasteiger partial charge in [0.2, 0.25) is 0 Å². The van der Waals surface area contributed by atoms with E-state index in [1.54, 1.807) is 6.07 Å². The summed E-state index contributed by atoms with van der Waals surface area (Å²) in [6.07, 6.45) is 0. The number of amides is 1. The molecule has 2 aromatic rings. The number of hydroxylamine groups is 1. The van der Waals surface area contributed by atoms with E-state index in [1.807, 2.05) is 13.8 Å². The van der Waals surface area contributed by atoms with Crippen molar-refractivity contribution in [2.24, 2.45) is 5.92 Å². The number of carbonyl (C=O) groups excluding carboxylic acids is 1.